The predicted molar refractivity (Wildman–Crippen MR) is 84.1 cm³/mol. The van der Waals surface area contributed by atoms with Gasteiger partial charge in [-0.2, -0.15) is 0 Å². The van der Waals surface area contributed by atoms with Crippen molar-refractivity contribution in [2.45, 2.75) is 0 Å². The Morgan fingerprint density at radius 1 is 0.957 bits per heavy atom. The second kappa shape index (κ2) is 7.60. The molecule has 0 fully saturated rings. The SMILES string of the molecule is NC(=O)c1ccc(NC(=O)NCC(=O)Oc2ccccc2)cc1. The lowest BCUT2D eigenvalue weighted by Crippen LogP contribution is -2.35. The molecular weight excluding hydrogens is 298 g/mol. The third kappa shape index (κ3) is 5.16. The summed E-state index contributed by atoms with van der Waals surface area (Å²) >= 11 is 0. The number of ether oxygens (including phenoxy) is 1. The summed E-state index contributed by atoms with van der Waals surface area (Å²) in [6, 6.07) is 14.0. The van der Waals surface area contributed by atoms with Crippen molar-refractivity contribution in [1.82, 2.24) is 5.32 Å². The minimum atomic E-state index is -0.588. The molecule has 0 heterocycles. The van der Waals surface area contributed by atoms with E-state index in [1.165, 1.54) is 24.3 Å². The molecule has 23 heavy (non-hydrogen) atoms. The Morgan fingerprint density at radius 3 is 2.22 bits per heavy atom. The fourth-order valence-corrected chi connectivity index (χ4v) is 1.70. The Balaban J connectivity index is 1.78. The molecule has 0 saturated carbocycles. The van der Waals surface area contributed by atoms with Gasteiger partial charge in [0.05, 0.1) is 0 Å². The zero-order chi connectivity index (χ0) is 16.7. The molecule has 7 nitrogen and oxygen atoms in total. The Hall–Kier alpha value is -3.35. The molecule has 2 aromatic carbocycles. The quantitative estimate of drug-likeness (QED) is 0.574. The summed E-state index contributed by atoms with van der Waals surface area (Å²) in [6.45, 7) is -0.278. The number of rotatable bonds is 5. The summed E-state index contributed by atoms with van der Waals surface area (Å²) in [6.07, 6.45) is 0. The molecule has 7 heteroatoms. The van der Waals surface area contributed by atoms with Crippen LogP contribution in [0, 0.1) is 0 Å². The zero-order valence-corrected chi connectivity index (χ0v) is 12.1. The van der Waals surface area contributed by atoms with Crippen LogP contribution < -0.4 is 21.1 Å². The van der Waals surface area contributed by atoms with Crippen molar-refractivity contribution >= 4 is 23.6 Å². The number of para-hydroxylation sites is 1. The molecule has 0 aliphatic carbocycles. The highest BCUT2D eigenvalue weighted by Gasteiger charge is 2.08. The second-order valence-corrected chi connectivity index (χ2v) is 4.54. The molecule has 0 atom stereocenters. The lowest BCUT2D eigenvalue weighted by molar-refractivity contribution is -0.133. The Labute approximate surface area is 132 Å². The number of esters is 1. The second-order valence-electron chi connectivity index (χ2n) is 4.54. The maximum Gasteiger partial charge on any atom is 0.330 e. The van der Waals surface area contributed by atoms with E-state index < -0.39 is 17.9 Å². The van der Waals surface area contributed by atoms with Crippen molar-refractivity contribution in [2.75, 3.05) is 11.9 Å². The van der Waals surface area contributed by atoms with Crippen LogP contribution in [0.1, 0.15) is 10.4 Å². The van der Waals surface area contributed by atoms with Gasteiger partial charge in [-0.15, -0.1) is 0 Å². The monoisotopic (exact) mass is 313 g/mol. The largest absolute Gasteiger partial charge is 0.425 e. The third-order valence-electron chi connectivity index (χ3n) is 2.80. The molecule has 2 rings (SSSR count). The van der Waals surface area contributed by atoms with E-state index in [1.54, 1.807) is 30.3 Å². The van der Waals surface area contributed by atoms with E-state index in [0.29, 0.717) is 17.0 Å². The van der Waals surface area contributed by atoms with Crippen LogP contribution in [0.25, 0.3) is 0 Å². The van der Waals surface area contributed by atoms with Gasteiger partial charge in [-0.3, -0.25) is 4.79 Å². The smallest absolute Gasteiger partial charge is 0.330 e. The molecule has 0 aromatic heterocycles. The molecule has 0 bridgehead atoms. The van der Waals surface area contributed by atoms with Crippen LogP contribution in [0.5, 0.6) is 5.75 Å². The van der Waals surface area contributed by atoms with E-state index in [1.807, 2.05) is 0 Å². The van der Waals surface area contributed by atoms with Gasteiger partial charge in [0.25, 0.3) is 0 Å². The van der Waals surface area contributed by atoms with Crippen LogP contribution in [-0.2, 0) is 4.79 Å². The molecule has 118 valence electrons. The average molecular weight is 313 g/mol. The van der Waals surface area contributed by atoms with E-state index in [0.717, 1.165) is 0 Å². The number of nitrogens with two attached hydrogens (primary N) is 1. The van der Waals surface area contributed by atoms with Crippen molar-refractivity contribution in [1.29, 1.82) is 0 Å². The first kappa shape index (κ1) is 16.0. The van der Waals surface area contributed by atoms with Crippen LogP contribution in [0.3, 0.4) is 0 Å². The zero-order valence-electron chi connectivity index (χ0n) is 12.1. The van der Waals surface area contributed by atoms with E-state index in [4.69, 9.17) is 10.5 Å². The topological polar surface area (TPSA) is 111 Å². The third-order valence-corrected chi connectivity index (χ3v) is 2.80. The first-order valence-corrected chi connectivity index (χ1v) is 6.75. The number of benzene rings is 2. The van der Waals surface area contributed by atoms with Gasteiger partial charge in [-0.25, -0.2) is 9.59 Å². The predicted octanol–water partition coefficient (Wildman–Crippen LogP) is 1.51. The van der Waals surface area contributed by atoms with Gasteiger partial charge < -0.3 is 21.1 Å². The van der Waals surface area contributed by atoms with Crippen LogP contribution >= 0.6 is 0 Å². The number of nitrogens with one attached hydrogen (secondary N) is 2. The van der Waals surface area contributed by atoms with Gasteiger partial charge in [-0.05, 0) is 36.4 Å². The van der Waals surface area contributed by atoms with Crippen molar-refractivity contribution in [3.8, 4) is 5.75 Å². The van der Waals surface area contributed by atoms with E-state index in [2.05, 4.69) is 10.6 Å². The first-order valence-electron chi connectivity index (χ1n) is 6.75. The number of carbonyl (C=O) groups excluding carboxylic acids is 3. The lowest BCUT2D eigenvalue weighted by Gasteiger charge is -2.08. The number of hydrogen-bond acceptors (Lipinski definition) is 4. The molecule has 0 aliphatic heterocycles. The number of amides is 3. The fourth-order valence-electron chi connectivity index (χ4n) is 1.70. The van der Waals surface area contributed by atoms with Gasteiger partial charge >= 0.3 is 12.0 Å². The van der Waals surface area contributed by atoms with Crippen molar-refractivity contribution in [2.24, 2.45) is 5.73 Å². The standard InChI is InChI=1S/C16H15N3O4/c17-15(21)11-6-8-12(9-7-11)19-16(22)18-10-14(20)23-13-4-2-1-3-5-13/h1-9H,10H2,(H2,17,21)(H2,18,19,22). The lowest BCUT2D eigenvalue weighted by atomic mass is 10.2. The van der Waals surface area contributed by atoms with Crippen molar-refractivity contribution < 1.29 is 19.1 Å². The molecule has 0 saturated heterocycles. The van der Waals surface area contributed by atoms with Gasteiger partial charge in [-0.1, -0.05) is 18.2 Å². The van der Waals surface area contributed by atoms with Crippen molar-refractivity contribution in [3.05, 3.63) is 60.2 Å². The summed E-state index contributed by atoms with van der Waals surface area (Å²) in [5, 5.41) is 4.89. The highest BCUT2D eigenvalue weighted by Crippen LogP contribution is 2.09. The average Bonchev–Trinajstić information content (AvgIpc) is 2.54. The van der Waals surface area contributed by atoms with Crippen LogP contribution in [0.15, 0.2) is 54.6 Å². The molecule has 0 aliphatic rings. The minimum Gasteiger partial charge on any atom is -0.425 e. The van der Waals surface area contributed by atoms with Crippen molar-refractivity contribution in [3.63, 3.8) is 0 Å². The van der Waals surface area contributed by atoms with Gasteiger partial charge in [0.15, 0.2) is 0 Å². The van der Waals surface area contributed by atoms with E-state index in [9.17, 15) is 14.4 Å². The number of anilines is 1. The molecule has 0 unspecified atom stereocenters. The minimum absolute atomic E-state index is 0.278. The van der Waals surface area contributed by atoms with Crippen LogP contribution in [0.2, 0.25) is 0 Å². The number of urea groups is 1. The van der Waals surface area contributed by atoms with Gasteiger partial charge in [0.2, 0.25) is 5.91 Å². The first-order chi connectivity index (χ1) is 11.0. The Kier molecular flexibility index (Phi) is 5.30. The highest BCUT2D eigenvalue weighted by atomic mass is 16.5. The van der Waals surface area contributed by atoms with Crippen LogP contribution in [-0.4, -0.2) is 24.5 Å². The molecule has 2 aromatic rings. The molecule has 0 spiro atoms. The summed E-state index contributed by atoms with van der Waals surface area (Å²) in [5.74, 6) is -0.734. The van der Waals surface area contributed by atoms with Crippen LogP contribution in [0.4, 0.5) is 10.5 Å². The number of primary amides is 1. The number of hydrogen-bond donors (Lipinski definition) is 3. The molecule has 3 amide bonds. The summed E-state index contributed by atoms with van der Waals surface area (Å²) < 4.78 is 5.02. The normalized spacial score (nSPS) is 9.74. The summed E-state index contributed by atoms with van der Waals surface area (Å²) in [7, 11) is 0. The fraction of sp³-hybridized carbons (Fsp3) is 0.0625. The molecule has 0 radical (unpaired) electrons. The summed E-state index contributed by atoms with van der Waals surface area (Å²) in [5.41, 5.74) is 5.92. The van der Waals surface area contributed by atoms with E-state index >= 15 is 0 Å². The number of carbonyl (C=O) groups is 3. The Morgan fingerprint density at radius 2 is 1.61 bits per heavy atom. The molecule has 4 N–H and O–H groups in total. The van der Waals surface area contributed by atoms with Gasteiger partial charge in [0, 0.05) is 11.3 Å². The molecular formula is C16H15N3O4. The van der Waals surface area contributed by atoms with E-state index in [-0.39, 0.29) is 6.54 Å². The summed E-state index contributed by atoms with van der Waals surface area (Å²) in [4.78, 5) is 34.2. The Bertz CT molecular complexity index is 699. The maximum atomic E-state index is 11.7. The van der Waals surface area contributed by atoms with Gasteiger partial charge in [0.1, 0.15) is 12.3 Å². The highest BCUT2D eigenvalue weighted by molar-refractivity contribution is 5.95. The maximum absolute atomic E-state index is 11.7.